The van der Waals surface area contributed by atoms with Crippen LogP contribution in [0.2, 0.25) is 5.02 Å². The van der Waals surface area contributed by atoms with Crippen molar-refractivity contribution >= 4 is 28.3 Å². The fraction of sp³-hybridized carbons (Fsp3) is 0.222. The van der Waals surface area contributed by atoms with Crippen LogP contribution in [0.3, 0.4) is 0 Å². The van der Waals surface area contributed by atoms with E-state index in [-0.39, 0.29) is 0 Å². The zero-order valence-corrected chi connectivity index (χ0v) is 13.6. The normalized spacial score (nSPS) is 10.7. The Hall–Kier alpha value is -2.51. The van der Waals surface area contributed by atoms with Crippen molar-refractivity contribution in [3.05, 3.63) is 58.9 Å². The van der Waals surface area contributed by atoms with Gasteiger partial charge in [-0.2, -0.15) is 5.26 Å². The van der Waals surface area contributed by atoms with Crippen molar-refractivity contribution in [2.24, 2.45) is 0 Å². The van der Waals surface area contributed by atoms with E-state index in [0.717, 1.165) is 35.5 Å². The number of aromatic nitrogens is 2. The van der Waals surface area contributed by atoms with Crippen molar-refractivity contribution in [3.8, 4) is 6.07 Å². The quantitative estimate of drug-likeness (QED) is 0.764. The molecule has 0 spiro atoms. The van der Waals surface area contributed by atoms with E-state index in [1.54, 1.807) is 12.1 Å². The summed E-state index contributed by atoms with van der Waals surface area (Å²) < 4.78 is 2.23. The van der Waals surface area contributed by atoms with Gasteiger partial charge in [0.15, 0.2) is 0 Å². The predicted octanol–water partition coefficient (Wildman–Crippen LogP) is 4.24. The second kappa shape index (κ2) is 6.72. The molecule has 0 amide bonds. The van der Waals surface area contributed by atoms with E-state index < -0.39 is 0 Å². The summed E-state index contributed by atoms with van der Waals surface area (Å²) in [7, 11) is 0. The zero-order chi connectivity index (χ0) is 16.2. The first-order valence-corrected chi connectivity index (χ1v) is 7.98. The van der Waals surface area contributed by atoms with Crippen LogP contribution >= 0.6 is 11.6 Å². The number of nitrogens with zero attached hydrogens (tertiary/aromatic N) is 3. The fourth-order valence-electron chi connectivity index (χ4n) is 2.74. The molecule has 1 heterocycles. The SMILES string of the molecule is CCn1c(CCNc2ccc(Cl)cc2C#N)nc2ccccc21. The summed E-state index contributed by atoms with van der Waals surface area (Å²) in [5.74, 6) is 1.05. The molecule has 0 unspecified atom stereocenters. The van der Waals surface area contributed by atoms with Crippen LogP contribution in [0, 0.1) is 11.3 Å². The van der Waals surface area contributed by atoms with E-state index in [1.807, 2.05) is 24.3 Å². The minimum Gasteiger partial charge on any atom is -0.384 e. The highest BCUT2D eigenvalue weighted by Crippen LogP contribution is 2.20. The molecule has 0 aliphatic heterocycles. The Morgan fingerprint density at radius 1 is 1.26 bits per heavy atom. The number of nitrogens with one attached hydrogen (secondary N) is 1. The molecule has 0 saturated carbocycles. The largest absolute Gasteiger partial charge is 0.384 e. The van der Waals surface area contributed by atoms with E-state index in [0.29, 0.717) is 17.1 Å². The molecule has 0 radical (unpaired) electrons. The smallest absolute Gasteiger partial charge is 0.111 e. The lowest BCUT2D eigenvalue weighted by molar-refractivity contribution is 0.717. The molecular weight excluding hydrogens is 308 g/mol. The first-order chi connectivity index (χ1) is 11.2. The van der Waals surface area contributed by atoms with E-state index in [2.05, 4.69) is 28.9 Å². The number of halogens is 1. The van der Waals surface area contributed by atoms with Crippen molar-refractivity contribution in [2.75, 3.05) is 11.9 Å². The van der Waals surface area contributed by atoms with Crippen LogP contribution < -0.4 is 5.32 Å². The van der Waals surface area contributed by atoms with E-state index in [1.165, 1.54) is 0 Å². The number of benzene rings is 2. The molecule has 0 bridgehead atoms. The van der Waals surface area contributed by atoms with Gasteiger partial charge in [-0.3, -0.25) is 0 Å². The van der Waals surface area contributed by atoms with E-state index in [4.69, 9.17) is 16.6 Å². The molecule has 1 N–H and O–H groups in total. The average molecular weight is 325 g/mol. The van der Waals surface area contributed by atoms with Crippen LogP contribution in [0.1, 0.15) is 18.3 Å². The number of anilines is 1. The Morgan fingerprint density at radius 2 is 2.09 bits per heavy atom. The van der Waals surface area contributed by atoms with Gasteiger partial charge in [0.05, 0.1) is 22.3 Å². The van der Waals surface area contributed by atoms with Crippen molar-refractivity contribution in [3.63, 3.8) is 0 Å². The first-order valence-electron chi connectivity index (χ1n) is 7.60. The number of para-hydroxylation sites is 2. The standard InChI is InChI=1S/C18H17ClN4/c1-2-23-17-6-4-3-5-16(17)22-18(23)9-10-21-15-8-7-14(19)11-13(15)12-20/h3-8,11,21H,2,9-10H2,1H3. The molecule has 1 aromatic heterocycles. The molecule has 2 aromatic carbocycles. The van der Waals surface area contributed by atoms with Gasteiger partial charge >= 0.3 is 0 Å². The third kappa shape index (κ3) is 3.15. The molecule has 23 heavy (non-hydrogen) atoms. The summed E-state index contributed by atoms with van der Waals surface area (Å²) >= 11 is 5.92. The summed E-state index contributed by atoms with van der Waals surface area (Å²) in [5, 5.41) is 13.0. The molecule has 5 heteroatoms. The number of nitriles is 1. The topological polar surface area (TPSA) is 53.6 Å². The molecule has 116 valence electrons. The van der Waals surface area contributed by atoms with Crippen LogP contribution in [0.25, 0.3) is 11.0 Å². The molecule has 0 aliphatic rings. The van der Waals surface area contributed by atoms with Crippen molar-refractivity contribution in [1.29, 1.82) is 5.26 Å². The molecule has 3 aromatic rings. The lowest BCUT2D eigenvalue weighted by Crippen LogP contribution is -2.10. The Kier molecular flexibility index (Phi) is 4.50. The summed E-state index contributed by atoms with van der Waals surface area (Å²) in [6, 6.07) is 15.6. The van der Waals surface area contributed by atoms with Gasteiger partial charge in [-0.05, 0) is 37.3 Å². The number of hydrogen-bond donors (Lipinski definition) is 1. The Labute approximate surface area is 140 Å². The van der Waals surface area contributed by atoms with Gasteiger partial charge in [0.1, 0.15) is 11.9 Å². The number of hydrogen-bond acceptors (Lipinski definition) is 3. The summed E-state index contributed by atoms with van der Waals surface area (Å²) in [5.41, 5.74) is 3.54. The molecule has 0 saturated heterocycles. The maximum atomic E-state index is 9.17. The maximum absolute atomic E-state index is 9.17. The summed E-state index contributed by atoms with van der Waals surface area (Å²) in [4.78, 5) is 4.71. The van der Waals surface area contributed by atoms with Crippen LogP contribution in [-0.4, -0.2) is 16.1 Å². The monoisotopic (exact) mass is 324 g/mol. The lowest BCUT2D eigenvalue weighted by Gasteiger charge is -2.09. The Balaban J connectivity index is 1.76. The highest BCUT2D eigenvalue weighted by Gasteiger charge is 2.09. The van der Waals surface area contributed by atoms with Gasteiger partial charge in [-0.15, -0.1) is 0 Å². The van der Waals surface area contributed by atoms with Gasteiger partial charge in [0.2, 0.25) is 0 Å². The lowest BCUT2D eigenvalue weighted by atomic mass is 10.2. The minimum atomic E-state index is 0.557. The molecule has 0 aliphatic carbocycles. The van der Waals surface area contributed by atoms with Gasteiger partial charge in [-0.25, -0.2) is 4.98 Å². The zero-order valence-electron chi connectivity index (χ0n) is 12.9. The van der Waals surface area contributed by atoms with Gasteiger partial charge in [-0.1, -0.05) is 23.7 Å². The number of imidazole rings is 1. The summed E-state index contributed by atoms with van der Waals surface area (Å²) in [6.07, 6.45) is 0.788. The van der Waals surface area contributed by atoms with Crippen molar-refractivity contribution < 1.29 is 0 Å². The second-order valence-corrected chi connectivity index (χ2v) is 5.68. The number of rotatable bonds is 5. The van der Waals surface area contributed by atoms with Gasteiger partial charge in [0, 0.05) is 24.5 Å². The van der Waals surface area contributed by atoms with Crippen LogP contribution in [-0.2, 0) is 13.0 Å². The van der Waals surface area contributed by atoms with Gasteiger partial charge in [0.25, 0.3) is 0 Å². The summed E-state index contributed by atoms with van der Waals surface area (Å²) in [6.45, 7) is 3.72. The van der Waals surface area contributed by atoms with Gasteiger partial charge < -0.3 is 9.88 Å². The molecular formula is C18H17ClN4. The predicted molar refractivity (Wildman–Crippen MR) is 93.8 cm³/mol. The third-order valence-corrected chi connectivity index (χ3v) is 4.05. The second-order valence-electron chi connectivity index (χ2n) is 5.24. The molecule has 3 rings (SSSR count). The molecule has 0 fully saturated rings. The highest BCUT2D eigenvalue weighted by molar-refractivity contribution is 6.30. The third-order valence-electron chi connectivity index (χ3n) is 3.82. The number of aryl methyl sites for hydroxylation is 1. The number of fused-ring (bicyclic) bond motifs is 1. The minimum absolute atomic E-state index is 0.557. The fourth-order valence-corrected chi connectivity index (χ4v) is 2.91. The van der Waals surface area contributed by atoms with Crippen molar-refractivity contribution in [1.82, 2.24) is 9.55 Å². The van der Waals surface area contributed by atoms with Crippen molar-refractivity contribution in [2.45, 2.75) is 19.9 Å². The average Bonchev–Trinajstić information content (AvgIpc) is 2.93. The Bertz CT molecular complexity index is 876. The molecule has 4 nitrogen and oxygen atoms in total. The maximum Gasteiger partial charge on any atom is 0.111 e. The molecule has 0 atom stereocenters. The highest BCUT2D eigenvalue weighted by atomic mass is 35.5. The van der Waals surface area contributed by atoms with Crippen LogP contribution in [0.4, 0.5) is 5.69 Å². The first kappa shape index (κ1) is 15.4. The van der Waals surface area contributed by atoms with Crippen LogP contribution in [0.15, 0.2) is 42.5 Å². The van der Waals surface area contributed by atoms with E-state index in [9.17, 15) is 5.26 Å². The Morgan fingerprint density at radius 3 is 2.87 bits per heavy atom. The van der Waals surface area contributed by atoms with Crippen LogP contribution in [0.5, 0.6) is 0 Å². The van der Waals surface area contributed by atoms with E-state index >= 15 is 0 Å².